The van der Waals surface area contributed by atoms with Gasteiger partial charge in [0.25, 0.3) is 11.5 Å². The van der Waals surface area contributed by atoms with Crippen molar-refractivity contribution in [2.24, 2.45) is 4.99 Å². The van der Waals surface area contributed by atoms with Crippen molar-refractivity contribution < 1.29 is 13.9 Å². The molecular weight excluding hydrogens is 488 g/mol. The molecule has 1 amide bonds. The lowest BCUT2D eigenvalue weighted by molar-refractivity contribution is -0.113. The number of benzene rings is 2. The fraction of sp³-hybridized carbons (Fsp3) is 0.179. The third-order valence-corrected chi connectivity index (χ3v) is 7.02. The Morgan fingerprint density at radius 1 is 1.14 bits per heavy atom. The van der Waals surface area contributed by atoms with Crippen molar-refractivity contribution in [1.82, 2.24) is 4.57 Å². The number of nitrogens with zero attached hydrogens (tertiary/aromatic N) is 3. The van der Waals surface area contributed by atoms with Crippen LogP contribution in [-0.2, 0) is 4.79 Å². The number of aromatic nitrogens is 1. The molecule has 2 aromatic heterocycles. The smallest absolute Gasteiger partial charge is 0.271 e. The number of carbonyl (C=O) groups excluding carboxylic acids is 1. The number of ether oxygens (including phenoxy) is 1. The highest BCUT2D eigenvalue weighted by Crippen LogP contribution is 2.32. The Hall–Kier alpha value is -4.37. The van der Waals surface area contributed by atoms with Crippen LogP contribution in [-0.4, -0.2) is 31.7 Å². The van der Waals surface area contributed by atoms with Gasteiger partial charge in [-0.15, -0.1) is 0 Å². The lowest BCUT2D eigenvalue weighted by atomic mass is 9.95. The number of thiazole rings is 1. The Morgan fingerprint density at radius 2 is 1.92 bits per heavy atom. The van der Waals surface area contributed by atoms with E-state index in [1.807, 2.05) is 85.7 Å². The highest BCUT2D eigenvalue weighted by atomic mass is 32.1. The van der Waals surface area contributed by atoms with Crippen molar-refractivity contribution in [2.75, 3.05) is 31.4 Å². The van der Waals surface area contributed by atoms with Gasteiger partial charge in [-0.25, -0.2) is 4.99 Å². The maximum atomic E-state index is 13.8. The van der Waals surface area contributed by atoms with Crippen molar-refractivity contribution >= 4 is 34.9 Å². The van der Waals surface area contributed by atoms with Gasteiger partial charge in [0.05, 0.1) is 29.0 Å². The maximum Gasteiger partial charge on any atom is 0.271 e. The van der Waals surface area contributed by atoms with Crippen LogP contribution in [0.4, 0.5) is 11.6 Å². The second-order valence-electron chi connectivity index (χ2n) is 8.75. The van der Waals surface area contributed by atoms with E-state index in [2.05, 4.69) is 10.3 Å². The monoisotopic (exact) mass is 514 g/mol. The minimum atomic E-state index is -0.689. The van der Waals surface area contributed by atoms with Crippen LogP contribution in [0.2, 0.25) is 0 Å². The summed E-state index contributed by atoms with van der Waals surface area (Å²) in [7, 11) is 5.35. The highest BCUT2D eigenvalue weighted by molar-refractivity contribution is 7.07. The predicted molar refractivity (Wildman–Crippen MR) is 145 cm³/mol. The molecule has 0 saturated carbocycles. The van der Waals surface area contributed by atoms with Crippen LogP contribution in [0, 0.1) is 0 Å². The van der Waals surface area contributed by atoms with Crippen LogP contribution in [0.3, 0.4) is 0 Å². The van der Waals surface area contributed by atoms with E-state index in [1.54, 1.807) is 24.7 Å². The fourth-order valence-electron chi connectivity index (χ4n) is 4.25. The first-order chi connectivity index (χ1) is 17.9. The van der Waals surface area contributed by atoms with Crippen LogP contribution in [0.15, 0.2) is 92.2 Å². The molecule has 0 saturated heterocycles. The number of hydrogen-bond acceptors (Lipinski definition) is 7. The van der Waals surface area contributed by atoms with Gasteiger partial charge in [0.1, 0.15) is 11.5 Å². The summed E-state index contributed by atoms with van der Waals surface area (Å²) in [6.07, 6.45) is 1.71. The first-order valence-electron chi connectivity index (χ1n) is 11.7. The number of anilines is 2. The molecule has 3 heterocycles. The zero-order valence-electron chi connectivity index (χ0n) is 20.9. The molecule has 5 rings (SSSR count). The summed E-state index contributed by atoms with van der Waals surface area (Å²) < 4.78 is 13.3. The Balaban J connectivity index is 1.67. The van der Waals surface area contributed by atoms with E-state index >= 15 is 0 Å². The molecule has 4 aromatic rings. The van der Waals surface area contributed by atoms with E-state index < -0.39 is 6.04 Å². The van der Waals surface area contributed by atoms with Crippen molar-refractivity contribution in [1.29, 1.82) is 0 Å². The summed E-state index contributed by atoms with van der Waals surface area (Å²) in [5.74, 6) is 1.55. The number of hydrogen-bond donors (Lipinski definition) is 1. The van der Waals surface area contributed by atoms with Gasteiger partial charge in [-0.2, -0.15) is 0 Å². The molecule has 37 heavy (non-hydrogen) atoms. The summed E-state index contributed by atoms with van der Waals surface area (Å²) in [5, 5.41) is 2.95. The van der Waals surface area contributed by atoms with E-state index in [1.165, 1.54) is 11.3 Å². The molecule has 0 aliphatic carbocycles. The van der Waals surface area contributed by atoms with Crippen molar-refractivity contribution in [3.05, 3.63) is 109 Å². The molecule has 0 radical (unpaired) electrons. The molecule has 1 N–H and O–H groups in total. The Morgan fingerprint density at radius 3 is 2.62 bits per heavy atom. The number of fused-ring (bicyclic) bond motifs is 1. The summed E-state index contributed by atoms with van der Waals surface area (Å²) in [4.78, 5) is 34.4. The van der Waals surface area contributed by atoms with Gasteiger partial charge in [0.15, 0.2) is 10.7 Å². The number of nitrogens with one attached hydrogen (secondary N) is 1. The standard InChI is InChI=1S/C28H26N4O4S/c1-17-24(26(33)30-19-10-6-5-7-11-19)25(18-9-8-12-20(15-18)35-4)32-27(34)22(37-28(32)29-17)16-21-13-14-23(36-21)31(2)3/h5-16,25H,1-4H3,(H,30,33)/b22-16-/t25-/m1/s1. The van der Waals surface area contributed by atoms with Gasteiger partial charge < -0.3 is 19.4 Å². The van der Waals surface area contributed by atoms with Gasteiger partial charge in [-0.05, 0) is 42.8 Å². The second-order valence-corrected chi connectivity index (χ2v) is 9.76. The number of allylic oxidation sites excluding steroid dienone is 1. The van der Waals surface area contributed by atoms with Crippen molar-refractivity contribution in [3.63, 3.8) is 0 Å². The molecule has 9 heteroatoms. The van der Waals surface area contributed by atoms with Gasteiger partial charge >= 0.3 is 0 Å². The first kappa shape index (κ1) is 24.3. The zero-order valence-corrected chi connectivity index (χ0v) is 21.7. The molecule has 2 aromatic carbocycles. The van der Waals surface area contributed by atoms with Gasteiger partial charge in [0.2, 0.25) is 0 Å². The number of amides is 1. The van der Waals surface area contributed by atoms with E-state index in [0.717, 1.165) is 5.56 Å². The Kier molecular flexibility index (Phi) is 6.54. The number of rotatable bonds is 6. The highest BCUT2D eigenvalue weighted by Gasteiger charge is 2.32. The van der Waals surface area contributed by atoms with Crippen LogP contribution in [0.1, 0.15) is 24.3 Å². The van der Waals surface area contributed by atoms with E-state index in [9.17, 15) is 9.59 Å². The quantitative estimate of drug-likeness (QED) is 0.425. The average molecular weight is 515 g/mol. The van der Waals surface area contributed by atoms with Gasteiger partial charge in [-0.3, -0.25) is 14.2 Å². The van der Waals surface area contributed by atoms with Gasteiger partial charge in [-0.1, -0.05) is 41.7 Å². The van der Waals surface area contributed by atoms with Crippen LogP contribution < -0.4 is 29.8 Å². The Bertz CT molecular complexity index is 1680. The summed E-state index contributed by atoms with van der Waals surface area (Å²) >= 11 is 1.26. The molecule has 188 valence electrons. The fourth-order valence-corrected chi connectivity index (χ4v) is 5.27. The van der Waals surface area contributed by atoms with E-state index in [4.69, 9.17) is 9.15 Å². The van der Waals surface area contributed by atoms with Crippen molar-refractivity contribution in [3.8, 4) is 5.75 Å². The second kappa shape index (κ2) is 9.94. The largest absolute Gasteiger partial charge is 0.497 e. The molecular formula is C28H26N4O4S. The molecule has 1 aliphatic rings. The first-order valence-corrected chi connectivity index (χ1v) is 12.5. The van der Waals surface area contributed by atoms with Gasteiger partial charge in [0, 0.05) is 31.9 Å². The number of para-hydroxylation sites is 1. The van der Waals surface area contributed by atoms with E-state index in [-0.39, 0.29) is 11.5 Å². The van der Waals surface area contributed by atoms with Crippen molar-refractivity contribution in [2.45, 2.75) is 13.0 Å². The molecule has 0 fully saturated rings. The van der Waals surface area contributed by atoms with Crippen LogP contribution >= 0.6 is 11.3 Å². The summed E-state index contributed by atoms with van der Waals surface area (Å²) in [6.45, 7) is 1.79. The SMILES string of the molecule is COc1cccc([C@@H]2C(C(=O)Nc3ccccc3)=C(C)N=c3s/c(=C\c4ccc(N(C)C)o4)c(=O)n32)c1. The topological polar surface area (TPSA) is 89.1 Å². The number of carbonyl (C=O) groups is 1. The lowest BCUT2D eigenvalue weighted by Crippen LogP contribution is -2.40. The number of furan rings is 1. The molecule has 1 atom stereocenters. The van der Waals surface area contributed by atoms with Crippen LogP contribution in [0.5, 0.6) is 5.75 Å². The number of methoxy groups -OCH3 is 1. The summed E-state index contributed by atoms with van der Waals surface area (Å²) in [5.41, 5.74) is 2.08. The molecule has 0 bridgehead atoms. The predicted octanol–water partition coefficient (Wildman–Crippen LogP) is 3.54. The normalized spacial score (nSPS) is 15.2. The Labute approximate surface area is 217 Å². The lowest BCUT2D eigenvalue weighted by Gasteiger charge is -2.25. The van der Waals surface area contributed by atoms with E-state index in [0.29, 0.717) is 43.7 Å². The summed E-state index contributed by atoms with van der Waals surface area (Å²) in [6, 6.07) is 19.6. The minimum Gasteiger partial charge on any atom is -0.497 e. The van der Waals surface area contributed by atoms with Crippen LogP contribution in [0.25, 0.3) is 6.08 Å². The third kappa shape index (κ3) is 4.73. The maximum absolute atomic E-state index is 13.8. The average Bonchev–Trinajstić information content (AvgIpc) is 3.48. The molecule has 1 aliphatic heterocycles. The third-order valence-electron chi connectivity index (χ3n) is 6.03. The zero-order chi connectivity index (χ0) is 26.1. The minimum absolute atomic E-state index is 0.253. The molecule has 0 unspecified atom stereocenters. The molecule has 8 nitrogen and oxygen atoms in total. The molecule has 0 spiro atoms.